The topological polar surface area (TPSA) is 546 Å². The van der Waals surface area contributed by atoms with Crippen molar-refractivity contribution >= 4 is 134 Å². The number of ether oxygens (including phenoxy) is 2. The number of likely N-dealkylation sites (N-methyl/N-ethyl adjacent to an activating group) is 1. The van der Waals surface area contributed by atoms with Gasteiger partial charge in [-0.2, -0.15) is 0 Å². The second-order valence-corrected chi connectivity index (χ2v) is 33.6. The van der Waals surface area contributed by atoms with E-state index in [9.17, 15) is 102 Å². The summed E-state index contributed by atoms with van der Waals surface area (Å²) in [7, 11) is 3.88. The molecule has 0 bridgehead atoms. The third-order valence-corrected chi connectivity index (χ3v) is 23.4. The van der Waals surface area contributed by atoms with Crippen molar-refractivity contribution in [3.05, 3.63) is 81.3 Å². The fraction of sp³-hybridized carbons (Fsp3) is 0.605. The number of hydrogen-bond donors (Lipinski definition) is 14. The Hall–Kier alpha value is -10.3. The van der Waals surface area contributed by atoms with E-state index < -0.39 is 163 Å². The number of Topliss-reactive ketones (excluding diaryl/α,β-unsaturated/α-hetero) is 3. The number of benzene rings is 2. The molecule has 664 valence electrons. The summed E-state index contributed by atoms with van der Waals surface area (Å²) in [6.45, 7) is 12.7. The van der Waals surface area contributed by atoms with Crippen LogP contribution in [0.3, 0.4) is 0 Å². The first-order valence-corrected chi connectivity index (χ1v) is 43.6. The van der Waals surface area contributed by atoms with Crippen molar-refractivity contribution in [3.8, 4) is 5.75 Å². The second kappa shape index (κ2) is 54.1. The van der Waals surface area contributed by atoms with Crippen LogP contribution >= 0.6 is 32.9 Å². The Balaban J connectivity index is 1.29. The van der Waals surface area contributed by atoms with Gasteiger partial charge in [-0.15, -0.1) is 11.3 Å². The Bertz CT molecular complexity index is 3940. The van der Waals surface area contributed by atoms with Gasteiger partial charge < -0.3 is 87.5 Å². The molecule has 0 spiro atoms. The Labute approximate surface area is 709 Å². The van der Waals surface area contributed by atoms with Gasteiger partial charge in [0.25, 0.3) is 5.91 Å². The van der Waals surface area contributed by atoms with Crippen LogP contribution in [0.25, 0.3) is 0 Å². The SMILES string of the molecule is CCCC(=O)CCN(C(=O)[C@@H](CC(=O)[C@H]1CCCCN1C)C(C)CC)[C@H](C[C@@H](OC(C)=O)c1nc(C(=O)N[C@@H](Cc2ccc(O)cc2)C[C@H](C)C(=O)NCC(=O)OCCSSC[C@H](NC(=O)[C@H](CC(=O)O)CC(=O)[C@H](CC(=O)O)NC(=O)Cc2ccc(CNC(=O)NCCCC[C@H](NC(=O)NCCCC(=O)O)C(=O)O)cc2)C(=O)O)cs1)C(C)C. The first kappa shape index (κ1) is 102. The number of hydrogen-bond acceptors (Lipinski definition) is 25. The van der Waals surface area contributed by atoms with E-state index in [4.69, 9.17) is 14.6 Å². The highest BCUT2D eigenvalue weighted by Gasteiger charge is 2.40. The van der Waals surface area contributed by atoms with Gasteiger partial charge in [0.2, 0.25) is 23.6 Å². The maximum absolute atomic E-state index is 15.2. The first-order valence-electron chi connectivity index (χ1n) is 40.2. The summed E-state index contributed by atoms with van der Waals surface area (Å²) < 4.78 is 11.2. The van der Waals surface area contributed by atoms with Crippen LogP contribution in [0.2, 0.25) is 0 Å². The number of carbonyl (C=O) groups is 17. The van der Waals surface area contributed by atoms with Crippen LogP contribution in [0.1, 0.15) is 202 Å². The monoisotopic (exact) mass is 1740 g/mol. The molecule has 1 fully saturated rings. The minimum Gasteiger partial charge on any atom is -0.508 e. The Morgan fingerprint density at radius 3 is 1.95 bits per heavy atom. The second-order valence-electron chi connectivity index (χ2n) is 30.1. The molecule has 9 amide bonds. The summed E-state index contributed by atoms with van der Waals surface area (Å²) in [4.78, 5) is 228. The van der Waals surface area contributed by atoms with E-state index >= 15 is 4.79 Å². The number of carbonyl (C=O) groups excluding carboxylic acids is 12. The van der Waals surface area contributed by atoms with Crippen LogP contribution in [0, 0.1) is 29.6 Å². The first-order chi connectivity index (χ1) is 56.9. The van der Waals surface area contributed by atoms with Crippen molar-refractivity contribution in [2.24, 2.45) is 29.6 Å². The number of aromatic nitrogens is 1. The zero-order valence-electron chi connectivity index (χ0n) is 69.1. The van der Waals surface area contributed by atoms with E-state index in [-0.39, 0.29) is 154 Å². The average molecular weight is 1740 g/mol. The Kier molecular flexibility index (Phi) is 46.0. The fourth-order valence-electron chi connectivity index (χ4n) is 13.3. The van der Waals surface area contributed by atoms with Crippen molar-refractivity contribution < 1.29 is 122 Å². The number of carboxylic acid groups (broad SMARTS) is 5. The molecule has 1 aliphatic heterocycles. The number of phenolic OH excluding ortho intramolecular Hbond substituents is 1. The van der Waals surface area contributed by atoms with Gasteiger partial charge in [-0.3, -0.25) is 67.2 Å². The van der Waals surface area contributed by atoms with Crippen LogP contribution in [0.4, 0.5) is 9.59 Å². The number of thiazole rings is 1. The Morgan fingerprint density at radius 1 is 0.667 bits per heavy atom. The van der Waals surface area contributed by atoms with Gasteiger partial charge in [0, 0.05) is 112 Å². The molecule has 0 radical (unpaired) electrons. The number of amides is 9. The van der Waals surface area contributed by atoms with Crippen molar-refractivity contribution in [1.82, 2.24) is 57.3 Å². The van der Waals surface area contributed by atoms with Gasteiger partial charge in [-0.25, -0.2) is 24.2 Å². The van der Waals surface area contributed by atoms with E-state index in [0.717, 1.165) is 52.3 Å². The number of aromatic hydroxyl groups is 1. The van der Waals surface area contributed by atoms with Crippen molar-refractivity contribution in [3.63, 3.8) is 0 Å². The number of phenols is 1. The zero-order chi connectivity index (χ0) is 89.1. The predicted octanol–water partition coefficient (Wildman–Crippen LogP) is 6.38. The Morgan fingerprint density at radius 2 is 1.32 bits per heavy atom. The summed E-state index contributed by atoms with van der Waals surface area (Å²) in [6.07, 6.45) is 0.864. The van der Waals surface area contributed by atoms with E-state index in [1.807, 2.05) is 46.6 Å². The van der Waals surface area contributed by atoms with E-state index in [1.165, 1.54) is 36.6 Å². The number of likely N-dealkylation sites (tertiary alicyclic amines) is 1. The van der Waals surface area contributed by atoms with Crippen molar-refractivity contribution in [2.45, 2.75) is 226 Å². The van der Waals surface area contributed by atoms with Gasteiger partial charge >= 0.3 is 53.8 Å². The molecule has 0 aliphatic carbocycles. The molecule has 3 aromatic rings. The minimum atomic E-state index is -1.75. The summed E-state index contributed by atoms with van der Waals surface area (Å²) in [5.41, 5.74) is 1.62. The summed E-state index contributed by atoms with van der Waals surface area (Å²) in [5.74, 6) is -17.0. The van der Waals surface area contributed by atoms with Crippen LogP contribution in [-0.2, 0) is 96.0 Å². The number of urea groups is 2. The van der Waals surface area contributed by atoms with Gasteiger partial charge in [0.05, 0.1) is 37.3 Å². The molecule has 1 saturated heterocycles. The van der Waals surface area contributed by atoms with Crippen LogP contribution in [0.15, 0.2) is 53.9 Å². The fourth-order valence-corrected chi connectivity index (χ4v) is 16.1. The van der Waals surface area contributed by atoms with Gasteiger partial charge in [-0.1, -0.05) is 112 Å². The summed E-state index contributed by atoms with van der Waals surface area (Å²) >= 11 is 1.06. The molecule has 2 heterocycles. The molecule has 4 rings (SSSR count). The summed E-state index contributed by atoms with van der Waals surface area (Å²) in [6, 6.07) is 4.79. The predicted molar refractivity (Wildman–Crippen MR) is 443 cm³/mol. The van der Waals surface area contributed by atoms with Gasteiger partial charge in [0.1, 0.15) is 47.5 Å². The largest absolute Gasteiger partial charge is 0.508 e. The number of esters is 2. The van der Waals surface area contributed by atoms with Crippen LogP contribution < -0.4 is 42.5 Å². The number of rotatable bonds is 58. The molecule has 2 aromatic carbocycles. The number of ketones is 3. The highest BCUT2D eigenvalue weighted by Crippen LogP contribution is 2.35. The third kappa shape index (κ3) is 38.8. The molecule has 36 nitrogen and oxygen atoms in total. The molecule has 120 heavy (non-hydrogen) atoms. The maximum atomic E-state index is 15.2. The molecular weight excluding hydrogens is 1620 g/mol. The van der Waals surface area contributed by atoms with Gasteiger partial charge in [0.15, 0.2) is 17.7 Å². The van der Waals surface area contributed by atoms with E-state index in [1.54, 1.807) is 36.1 Å². The lowest BCUT2D eigenvalue weighted by molar-refractivity contribution is -0.151. The molecular formula is C81H117N11O25S3. The molecule has 1 unspecified atom stereocenters. The smallest absolute Gasteiger partial charge is 0.327 e. The zero-order valence-corrected chi connectivity index (χ0v) is 71.6. The van der Waals surface area contributed by atoms with E-state index in [0.29, 0.717) is 55.2 Å². The summed E-state index contributed by atoms with van der Waals surface area (Å²) in [5, 5.41) is 79.4. The maximum Gasteiger partial charge on any atom is 0.327 e. The number of piperidine rings is 1. The number of nitrogens with one attached hydrogen (secondary N) is 8. The van der Waals surface area contributed by atoms with Crippen molar-refractivity contribution in [2.75, 3.05) is 57.9 Å². The normalized spacial score (nSPS) is 15.2. The molecule has 0 saturated carbocycles. The number of carboxylic acids is 5. The lowest BCUT2D eigenvalue weighted by atomic mass is 9.82. The molecule has 1 aromatic heterocycles. The number of nitrogens with zero attached hydrogens (tertiary/aromatic N) is 3. The van der Waals surface area contributed by atoms with Crippen molar-refractivity contribution in [1.29, 1.82) is 0 Å². The molecule has 14 N–H and O–H groups in total. The minimum absolute atomic E-state index is 0.00682. The lowest BCUT2D eigenvalue weighted by Gasteiger charge is -2.40. The molecule has 11 atom stereocenters. The van der Waals surface area contributed by atoms with E-state index in [2.05, 4.69) is 47.5 Å². The average Bonchev–Trinajstić information content (AvgIpc) is 1.34. The molecule has 39 heteroatoms. The lowest BCUT2D eigenvalue weighted by Crippen LogP contribution is -2.50. The number of unbranched alkanes of at least 4 members (excludes halogenated alkanes) is 1. The van der Waals surface area contributed by atoms with Crippen LogP contribution in [-0.4, -0.2) is 240 Å². The standard InChI is InChI=1S/C81H117N11O25S3/c1-9-16-56(94)28-32-92(77(109)58(48(5)10-2)40-66(97)63-18-12-14-31-91(63)8)64(47(3)4)42-67(117-50(7)93)76-89-61(45-118-76)75(108)86-55(36-51-24-26-57(95)27-25-51)35-49(6)73(106)84-44-72(105)116-33-34-119-120-46-62(79(112)113)88-74(107)54(39-70(101)102)38-65(96)60(41-71(103)104)87-68(98)37-52-20-22-53(23-21-52)43-85-80(114)82-29-13-11-17-59(78(110)111)90-81(115)83-30-15-19-69(99)100/h20-27,45,47-49,54-55,58-60,62-64,67,95H,9-19,28-44,46H2,1-8H3,(H,84,106)(H,86,108)(H,87,98)(H,88,107)(H,99,100)(H,101,102)(H,103,104)(H,110,111)(H,112,113)(H2,82,85,114)(H2,83,90,115)/t48?,49-,54-,55+,58-,59-,60-,62-,63+,64+,67+/m0/s1. The van der Waals surface area contributed by atoms with Gasteiger partial charge in [-0.05, 0) is 112 Å². The molecule has 1 aliphatic rings. The third-order valence-electron chi connectivity index (χ3n) is 20.1. The quantitative estimate of drug-likeness (QED) is 0.0166. The highest BCUT2D eigenvalue weighted by molar-refractivity contribution is 8.76. The van der Waals surface area contributed by atoms with Crippen LogP contribution in [0.5, 0.6) is 5.75 Å². The highest BCUT2D eigenvalue weighted by atomic mass is 33.1. The number of aliphatic carboxylic acids is 5.